The Morgan fingerprint density at radius 3 is 2.90 bits per heavy atom. The van der Waals surface area contributed by atoms with Crippen molar-refractivity contribution >= 4 is 11.4 Å². The molecule has 1 aliphatic rings. The molecular weight excluding hydrogens is 256 g/mol. The lowest BCUT2D eigenvalue weighted by Gasteiger charge is -2.27. The van der Waals surface area contributed by atoms with Gasteiger partial charge in [0.2, 0.25) is 0 Å². The molecule has 0 bridgehead atoms. The Morgan fingerprint density at radius 2 is 2.35 bits per heavy atom. The maximum Gasteiger partial charge on any atom is 0.270 e. The molecule has 0 saturated carbocycles. The highest BCUT2D eigenvalue weighted by Gasteiger charge is 2.23. The Hall–Kier alpha value is -2.13. The topological polar surface area (TPSA) is 73.4 Å². The normalized spacial score (nSPS) is 18.8. The minimum atomic E-state index is -0.477. The number of rotatable bonds is 4. The van der Waals surface area contributed by atoms with Gasteiger partial charge in [0.1, 0.15) is 6.07 Å². The van der Waals surface area contributed by atoms with Gasteiger partial charge in [-0.3, -0.25) is 10.1 Å². The summed E-state index contributed by atoms with van der Waals surface area (Å²) in [5.41, 5.74) is 1.05. The maximum absolute atomic E-state index is 10.7. The van der Waals surface area contributed by atoms with Gasteiger partial charge in [-0.15, -0.1) is 0 Å². The van der Waals surface area contributed by atoms with Gasteiger partial charge in [-0.2, -0.15) is 5.26 Å². The number of likely N-dealkylation sites (N-methyl/N-ethyl adjacent to an activating group) is 2. The zero-order valence-electron chi connectivity index (χ0n) is 11.7. The molecule has 0 spiro atoms. The van der Waals surface area contributed by atoms with Crippen molar-refractivity contribution in [3.05, 3.63) is 33.9 Å². The maximum atomic E-state index is 10.7. The van der Waals surface area contributed by atoms with E-state index in [1.54, 1.807) is 6.07 Å². The van der Waals surface area contributed by atoms with Crippen molar-refractivity contribution in [1.29, 1.82) is 5.26 Å². The van der Waals surface area contributed by atoms with Gasteiger partial charge >= 0.3 is 0 Å². The lowest BCUT2D eigenvalue weighted by molar-refractivity contribution is -0.384. The van der Waals surface area contributed by atoms with E-state index in [1.165, 1.54) is 18.6 Å². The van der Waals surface area contributed by atoms with Crippen LogP contribution in [0.2, 0.25) is 0 Å². The minimum absolute atomic E-state index is 0.0447. The lowest BCUT2D eigenvalue weighted by Crippen LogP contribution is -2.36. The van der Waals surface area contributed by atoms with Crippen LogP contribution < -0.4 is 4.90 Å². The molecule has 1 saturated heterocycles. The number of hydrogen-bond acceptors (Lipinski definition) is 5. The summed E-state index contributed by atoms with van der Waals surface area (Å²) in [7, 11) is 4.03. The quantitative estimate of drug-likeness (QED) is 0.620. The Bertz CT molecular complexity index is 553. The second kappa shape index (κ2) is 5.88. The molecule has 106 valence electrons. The highest BCUT2D eigenvalue weighted by Crippen LogP contribution is 2.25. The van der Waals surface area contributed by atoms with E-state index >= 15 is 0 Å². The smallest absolute Gasteiger partial charge is 0.270 e. The standard InChI is InChI=1S/C14H18N4O2/c1-16-7-3-4-13(16)10-17(2)14-6-5-12(18(19)20)8-11(14)9-15/h5-6,8,13H,3-4,7,10H2,1-2H3. The van der Waals surface area contributed by atoms with E-state index in [0.717, 1.165) is 25.2 Å². The van der Waals surface area contributed by atoms with Crippen molar-refractivity contribution < 1.29 is 4.92 Å². The van der Waals surface area contributed by atoms with E-state index in [-0.39, 0.29) is 5.69 Å². The van der Waals surface area contributed by atoms with Crippen LogP contribution in [0.4, 0.5) is 11.4 Å². The number of non-ortho nitro benzene ring substituents is 1. The first-order chi connectivity index (χ1) is 9.52. The molecule has 2 rings (SSSR count). The van der Waals surface area contributed by atoms with E-state index in [0.29, 0.717) is 11.6 Å². The number of nitrogens with zero attached hydrogens (tertiary/aromatic N) is 4. The van der Waals surface area contributed by atoms with Crippen LogP contribution in [-0.2, 0) is 0 Å². The summed E-state index contributed by atoms with van der Waals surface area (Å²) in [6.45, 7) is 1.92. The van der Waals surface area contributed by atoms with Crippen LogP contribution in [0.15, 0.2) is 18.2 Å². The van der Waals surface area contributed by atoms with Crippen LogP contribution in [0.1, 0.15) is 18.4 Å². The van der Waals surface area contributed by atoms with Crippen molar-refractivity contribution in [2.75, 3.05) is 32.1 Å². The van der Waals surface area contributed by atoms with Gasteiger partial charge in [-0.05, 0) is 32.5 Å². The molecule has 1 aromatic carbocycles. The first-order valence-electron chi connectivity index (χ1n) is 6.63. The van der Waals surface area contributed by atoms with E-state index in [2.05, 4.69) is 11.9 Å². The number of likely N-dealkylation sites (tertiary alicyclic amines) is 1. The highest BCUT2D eigenvalue weighted by molar-refractivity contribution is 5.62. The van der Waals surface area contributed by atoms with Gasteiger partial charge in [0, 0.05) is 31.8 Å². The van der Waals surface area contributed by atoms with E-state index in [4.69, 9.17) is 0 Å². The molecule has 1 fully saturated rings. The molecule has 6 heteroatoms. The van der Waals surface area contributed by atoms with Crippen LogP contribution >= 0.6 is 0 Å². The summed E-state index contributed by atoms with van der Waals surface area (Å²) in [5.74, 6) is 0. The fourth-order valence-corrected chi connectivity index (χ4v) is 2.68. The molecule has 0 aliphatic carbocycles. The highest BCUT2D eigenvalue weighted by atomic mass is 16.6. The largest absolute Gasteiger partial charge is 0.372 e. The molecule has 1 atom stereocenters. The lowest BCUT2D eigenvalue weighted by atomic mass is 10.1. The molecule has 20 heavy (non-hydrogen) atoms. The number of nitro benzene ring substituents is 1. The summed E-state index contributed by atoms with van der Waals surface area (Å²) in [6.07, 6.45) is 2.34. The van der Waals surface area contributed by atoms with Gasteiger partial charge in [0.05, 0.1) is 16.2 Å². The van der Waals surface area contributed by atoms with Gasteiger partial charge in [-0.25, -0.2) is 0 Å². The van der Waals surface area contributed by atoms with Crippen LogP contribution in [-0.4, -0.2) is 43.0 Å². The zero-order chi connectivity index (χ0) is 14.7. The van der Waals surface area contributed by atoms with Crippen molar-refractivity contribution in [2.24, 2.45) is 0 Å². The molecule has 1 heterocycles. The molecule has 1 aliphatic heterocycles. The first-order valence-corrected chi connectivity index (χ1v) is 6.63. The Kier molecular flexibility index (Phi) is 4.20. The van der Waals surface area contributed by atoms with E-state index in [1.807, 2.05) is 18.0 Å². The van der Waals surface area contributed by atoms with Gasteiger partial charge in [0.15, 0.2) is 0 Å². The van der Waals surface area contributed by atoms with Crippen LogP contribution in [0.3, 0.4) is 0 Å². The van der Waals surface area contributed by atoms with Gasteiger partial charge in [-0.1, -0.05) is 0 Å². The van der Waals surface area contributed by atoms with Crippen molar-refractivity contribution in [1.82, 2.24) is 4.90 Å². The first kappa shape index (κ1) is 14.3. The fraction of sp³-hybridized carbons (Fsp3) is 0.500. The van der Waals surface area contributed by atoms with Crippen molar-refractivity contribution in [3.63, 3.8) is 0 Å². The zero-order valence-corrected chi connectivity index (χ0v) is 11.7. The number of hydrogen-bond donors (Lipinski definition) is 0. The van der Waals surface area contributed by atoms with Crippen LogP contribution in [0.5, 0.6) is 0 Å². The summed E-state index contributed by atoms with van der Waals surface area (Å²) >= 11 is 0. The second-order valence-electron chi connectivity index (χ2n) is 5.23. The Balaban J connectivity index is 2.19. The Labute approximate surface area is 118 Å². The second-order valence-corrected chi connectivity index (χ2v) is 5.23. The predicted octanol–water partition coefficient (Wildman–Crippen LogP) is 2.00. The molecule has 0 radical (unpaired) electrons. The summed E-state index contributed by atoms with van der Waals surface area (Å²) in [6, 6.07) is 6.97. The average molecular weight is 274 g/mol. The number of benzene rings is 1. The van der Waals surface area contributed by atoms with Crippen LogP contribution in [0, 0.1) is 21.4 Å². The predicted molar refractivity (Wildman–Crippen MR) is 76.7 cm³/mol. The number of anilines is 1. The molecule has 0 amide bonds. The molecule has 1 unspecified atom stereocenters. The summed E-state index contributed by atoms with van der Waals surface area (Å²) in [4.78, 5) is 14.6. The van der Waals surface area contributed by atoms with Crippen LogP contribution in [0.25, 0.3) is 0 Å². The molecule has 6 nitrogen and oxygen atoms in total. The minimum Gasteiger partial charge on any atom is -0.372 e. The average Bonchev–Trinajstić information content (AvgIpc) is 2.83. The third-order valence-corrected chi connectivity index (χ3v) is 3.88. The summed E-state index contributed by atoms with van der Waals surface area (Å²) in [5, 5.41) is 19.9. The summed E-state index contributed by atoms with van der Waals surface area (Å²) < 4.78 is 0. The number of nitriles is 1. The fourth-order valence-electron chi connectivity index (χ4n) is 2.68. The molecule has 0 aromatic heterocycles. The van der Waals surface area contributed by atoms with E-state index in [9.17, 15) is 15.4 Å². The van der Waals surface area contributed by atoms with E-state index < -0.39 is 4.92 Å². The SMILES string of the molecule is CN(CC1CCCN1C)c1ccc([N+](=O)[O-])cc1C#N. The number of nitro groups is 1. The molecule has 0 N–H and O–H groups in total. The Morgan fingerprint density at radius 1 is 1.60 bits per heavy atom. The monoisotopic (exact) mass is 274 g/mol. The third-order valence-electron chi connectivity index (χ3n) is 3.88. The van der Waals surface area contributed by atoms with Crippen molar-refractivity contribution in [2.45, 2.75) is 18.9 Å². The van der Waals surface area contributed by atoms with Gasteiger partial charge < -0.3 is 9.80 Å². The van der Waals surface area contributed by atoms with Crippen molar-refractivity contribution in [3.8, 4) is 6.07 Å². The molecular formula is C14H18N4O2. The molecule has 1 aromatic rings. The third kappa shape index (κ3) is 2.89. The van der Waals surface area contributed by atoms with Gasteiger partial charge in [0.25, 0.3) is 5.69 Å².